The van der Waals surface area contributed by atoms with Crippen LogP contribution in [-0.4, -0.2) is 9.67 Å². The van der Waals surface area contributed by atoms with E-state index in [4.69, 9.17) is 70.1 Å². The fourth-order valence-electron chi connectivity index (χ4n) is 0. The summed E-state index contributed by atoms with van der Waals surface area (Å²) in [5.41, 5.74) is 0. The first-order valence-electron chi connectivity index (χ1n) is 1.63. The second-order valence-corrected chi connectivity index (χ2v) is 3.53. The van der Waals surface area contributed by atoms with Crippen molar-refractivity contribution < 1.29 is 0 Å². The Morgan fingerprint density at radius 3 is 1.00 bits per heavy atom. The summed E-state index contributed by atoms with van der Waals surface area (Å²) < 4.78 is -1.28. The number of alkyl halides is 4. The van der Waals surface area contributed by atoms with Crippen molar-refractivity contribution in [3.05, 3.63) is 13.1 Å². The Kier molecular flexibility index (Phi) is 55.2. The average Bonchev–Trinajstić information content (AvgIpc) is 1.95. The maximum absolute atomic E-state index is 6.25. The molecule has 0 bridgehead atoms. The van der Waals surface area contributed by atoms with Crippen molar-refractivity contribution in [1.29, 1.82) is 10.5 Å². The van der Waals surface area contributed by atoms with E-state index in [2.05, 4.69) is 0 Å². The lowest BCUT2D eigenvalue weighted by Gasteiger charge is -2.00. The Labute approximate surface area is 104 Å². The van der Waals surface area contributed by atoms with E-state index in [9.17, 15) is 0 Å². The summed E-state index contributed by atoms with van der Waals surface area (Å²) in [6.45, 7) is 9.50. The summed E-state index contributed by atoms with van der Waals surface area (Å²) in [5, 5.41) is 12.5. The second kappa shape index (κ2) is 22.6. The first-order chi connectivity index (χ1) is 4.56. The highest BCUT2D eigenvalue weighted by molar-refractivity contribution is 6.69. The van der Waals surface area contributed by atoms with E-state index in [0.717, 1.165) is 0 Å². The van der Waals surface area contributed by atoms with Crippen molar-refractivity contribution in [3.8, 4) is 0 Å². The third kappa shape index (κ3) is 73.2. The molecule has 0 aliphatic carbocycles. The second-order valence-electron chi connectivity index (χ2n) is 0.749. The van der Waals surface area contributed by atoms with Crippen molar-refractivity contribution in [2.45, 2.75) is 3.79 Å². The van der Waals surface area contributed by atoms with Gasteiger partial charge < -0.3 is 23.7 Å². The molecule has 0 saturated heterocycles. The van der Waals surface area contributed by atoms with Gasteiger partial charge in [-0.1, -0.05) is 34.8 Å². The molecule has 0 aromatic heterocycles. The standard InChI is InChI=1S/C2H2Cl4.2CN.2ClH/c3-1-2(4,5)6;2*1-2;;/h1H2;;;2*1H/q;2*-1;;. The largest absolute Gasteiger partial charge is 0.512 e. The van der Waals surface area contributed by atoms with Gasteiger partial charge in [0.2, 0.25) is 3.79 Å². The van der Waals surface area contributed by atoms with Crippen molar-refractivity contribution in [2.24, 2.45) is 0 Å². The predicted molar refractivity (Wildman–Crippen MR) is 55.4 cm³/mol. The third-order valence-electron chi connectivity index (χ3n) is 0.152. The summed E-state index contributed by atoms with van der Waals surface area (Å²) in [6, 6.07) is 0. The zero-order chi connectivity index (χ0) is 9.21. The van der Waals surface area contributed by atoms with Gasteiger partial charge >= 0.3 is 0 Å². The monoisotopic (exact) mass is 290 g/mol. The van der Waals surface area contributed by atoms with Crippen molar-refractivity contribution in [3.63, 3.8) is 0 Å². The molecule has 0 rings (SSSR count). The Morgan fingerprint density at radius 2 is 1.00 bits per heavy atom. The Balaban J connectivity index is -0.0000000241. The van der Waals surface area contributed by atoms with Crippen LogP contribution >= 0.6 is 71.2 Å². The van der Waals surface area contributed by atoms with Gasteiger partial charge in [0.05, 0.1) is 5.88 Å². The number of rotatable bonds is 0. The number of nitrogens with zero attached hydrogens (tertiary/aromatic N) is 2. The van der Waals surface area contributed by atoms with Gasteiger partial charge in [0, 0.05) is 0 Å². The molecule has 0 atom stereocenters. The van der Waals surface area contributed by atoms with Gasteiger partial charge in [0.15, 0.2) is 0 Å². The van der Waals surface area contributed by atoms with E-state index in [0.29, 0.717) is 0 Å². The molecule has 0 unspecified atom stereocenters. The first kappa shape index (κ1) is 29.3. The van der Waals surface area contributed by atoms with Crippen molar-refractivity contribution in [1.82, 2.24) is 0 Å². The van der Waals surface area contributed by atoms with E-state index in [1.807, 2.05) is 0 Å². The fraction of sp³-hybridized carbons (Fsp3) is 0.500. The average molecular weight is 293 g/mol. The molecule has 0 aliphatic heterocycles. The lowest BCUT2D eigenvalue weighted by molar-refractivity contribution is 1.28. The van der Waals surface area contributed by atoms with Crippen LogP contribution in [0, 0.1) is 23.7 Å². The van der Waals surface area contributed by atoms with Gasteiger partial charge in [0.25, 0.3) is 0 Å². The van der Waals surface area contributed by atoms with Crippen LogP contribution in [0.15, 0.2) is 0 Å². The first-order valence-corrected chi connectivity index (χ1v) is 3.30. The molecule has 0 saturated carbocycles. The molecule has 2 nitrogen and oxygen atoms in total. The van der Waals surface area contributed by atoms with E-state index in [1.54, 1.807) is 0 Å². The highest BCUT2D eigenvalue weighted by atomic mass is 35.6. The lowest BCUT2D eigenvalue weighted by atomic mass is 10.9. The van der Waals surface area contributed by atoms with E-state index < -0.39 is 3.79 Å². The van der Waals surface area contributed by atoms with Crippen LogP contribution in [0.2, 0.25) is 0 Å². The van der Waals surface area contributed by atoms with Gasteiger partial charge in [-0.15, -0.1) is 36.4 Å². The zero-order valence-corrected chi connectivity index (χ0v) is 10.1. The summed E-state index contributed by atoms with van der Waals surface area (Å²) in [7, 11) is 0. The summed E-state index contributed by atoms with van der Waals surface area (Å²) in [6.07, 6.45) is 0. The molecule has 0 amide bonds. The Hall–Kier alpha value is 0.720. The van der Waals surface area contributed by atoms with Crippen LogP contribution in [0.5, 0.6) is 0 Å². The van der Waals surface area contributed by atoms with Crippen molar-refractivity contribution >= 4 is 71.2 Å². The molecule has 74 valence electrons. The predicted octanol–water partition coefficient (Wildman–Crippen LogP) is 3.63. The minimum absolute atomic E-state index is 0. The highest BCUT2D eigenvalue weighted by Crippen LogP contribution is 2.26. The van der Waals surface area contributed by atoms with Crippen LogP contribution in [0.1, 0.15) is 0 Å². The van der Waals surface area contributed by atoms with Gasteiger partial charge in [-0.25, -0.2) is 0 Å². The van der Waals surface area contributed by atoms with Crippen LogP contribution in [0.25, 0.3) is 0 Å². The minimum Gasteiger partial charge on any atom is -0.512 e. The molecule has 0 spiro atoms. The Morgan fingerprint density at radius 1 is 0.917 bits per heavy atom. The molecule has 0 aromatic rings. The van der Waals surface area contributed by atoms with E-state index in [1.165, 1.54) is 0 Å². The van der Waals surface area contributed by atoms with E-state index >= 15 is 0 Å². The number of hydrogen-bond donors (Lipinski definition) is 0. The van der Waals surface area contributed by atoms with Gasteiger partial charge in [-0.3, -0.25) is 0 Å². The number of hydrogen-bond acceptors (Lipinski definition) is 2. The molecular weight excluding hydrogens is 289 g/mol. The summed E-state index contributed by atoms with van der Waals surface area (Å²) in [5.74, 6) is 0.0394. The lowest BCUT2D eigenvalue weighted by Crippen LogP contribution is -2.01. The normalized spacial score (nSPS) is 6.33. The molecule has 0 N–H and O–H groups in total. The molecule has 8 heteroatoms. The van der Waals surface area contributed by atoms with Gasteiger partial charge in [0.1, 0.15) is 0 Å². The smallest absolute Gasteiger partial charge is 0.203 e. The SMILES string of the molecule is Cl.Cl.ClCC(Cl)(Cl)Cl.[C-]#N.[C-]#N. The molecule has 0 fully saturated rings. The molecular formula is C4H4Cl6N2-2. The molecule has 0 aromatic carbocycles. The third-order valence-corrected chi connectivity index (χ3v) is 1.36. The molecule has 0 radical (unpaired) electrons. The van der Waals surface area contributed by atoms with Crippen LogP contribution in [-0.2, 0) is 0 Å². The van der Waals surface area contributed by atoms with Crippen LogP contribution in [0.3, 0.4) is 0 Å². The summed E-state index contributed by atoms with van der Waals surface area (Å²) >= 11 is 20.4. The summed E-state index contributed by atoms with van der Waals surface area (Å²) in [4.78, 5) is 0. The zero-order valence-electron chi connectivity index (χ0n) is 5.43. The van der Waals surface area contributed by atoms with Gasteiger partial charge in [-0.2, -0.15) is 0 Å². The molecule has 0 heterocycles. The minimum atomic E-state index is -1.28. The maximum atomic E-state index is 6.25. The molecule has 12 heavy (non-hydrogen) atoms. The maximum Gasteiger partial charge on any atom is 0.203 e. The fourth-order valence-corrected chi connectivity index (χ4v) is 0. The van der Waals surface area contributed by atoms with Gasteiger partial charge in [-0.05, 0) is 0 Å². The topological polar surface area (TPSA) is 47.6 Å². The molecule has 0 aliphatic rings. The van der Waals surface area contributed by atoms with Crippen LogP contribution in [0.4, 0.5) is 0 Å². The quantitative estimate of drug-likeness (QED) is 0.505. The van der Waals surface area contributed by atoms with Crippen LogP contribution < -0.4 is 0 Å². The van der Waals surface area contributed by atoms with Crippen molar-refractivity contribution in [2.75, 3.05) is 5.88 Å². The Bertz CT molecular complexity index is 88.7. The highest BCUT2D eigenvalue weighted by Gasteiger charge is 2.16. The number of halogens is 6. The van der Waals surface area contributed by atoms with E-state index in [-0.39, 0.29) is 30.7 Å².